The van der Waals surface area contributed by atoms with Crippen molar-refractivity contribution in [1.82, 2.24) is 14.5 Å². The molecular weight excluding hydrogens is 561 g/mol. The Morgan fingerprint density at radius 1 is 1.17 bits per heavy atom. The first-order valence-electron chi connectivity index (χ1n) is 13.2. The van der Waals surface area contributed by atoms with Crippen molar-refractivity contribution in [3.8, 4) is 23.1 Å². The van der Waals surface area contributed by atoms with Crippen LogP contribution in [0.3, 0.4) is 0 Å². The number of aryl methyl sites for hydroxylation is 1. The van der Waals surface area contributed by atoms with Crippen LogP contribution in [0.1, 0.15) is 66.5 Å². The van der Waals surface area contributed by atoms with E-state index in [4.69, 9.17) is 5.73 Å². The van der Waals surface area contributed by atoms with Crippen molar-refractivity contribution in [2.24, 2.45) is 5.73 Å². The minimum absolute atomic E-state index is 0.120. The van der Waals surface area contributed by atoms with Crippen LogP contribution in [0.25, 0.3) is 11.1 Å². The molecule has 216 valence electrons. The van der Waals surface area contributed by atoms with E-state index in [0.717, 1.165) is 30.8 Å². The molecule has 1 amide bonds. The lowest BCUT2D eigenvalue weighted by atomic mass is 10.0. The number of benzene rings is 2. The summed E-state index contributed by atoms with van der Waals surface area (Å²) in [5.41, 5.74) is 5.65. The zero-order valence-electron chi connectivity index (χ0n) is 22.9. The molecule has 1 atom stereocenters. The summed E-state index contributed by atoms with van der Waals surface area (Å²) in [6.07, 6.45) is 3.23. The van der Waals surface area contributed by atoms with Crippen LogP contribution in [0.15, 0.2) is 75.5 Å². The molecule has 42 heavy (non-hydrogen) atoms. The van der Waals surface area contributed by atoms with Gasteiger partial charge in [0.15, 0.2) is 5.03 Å². The lowest BCUT2D eigenvalue weighted by Crippen LogP contribution is -2.27. The number of aromatic hydroxyl groups is 1. The second-order valence-corrected chi connectivity index (χ2v) is 11.4. The van der Waals surface area contributed by atoms with Crippen LogP contribution in [0.5, 0.6) is 5.88 Å². The molecule has 2 heterocycles. The molecule has 0 fully saturated rings. The van der Waals surface area contributed by atoms with E-state index in [-0.39, 0.29) is 22.5 Å². The average molecular weight is 590 g/mol. The third-order valence-corrected chi connectivity index (χ3v) is 8.51. The highest BCUT2D eigenvalue weighted by molar-refractivity contribution is 7.91. The van der Waals surface area contributed by atoms with Crippen LogP contribution in [-0.2, 0) is 16.3 Å². The van der Waals surface area contributed by atoms with E-state index >= 15 is 0 Å². The highest BCUT2D eigenvalue weighted by Gasteiger charge is 2.33. The molecule has 0 radical (unpaired) electrons. The average Bonchev–Trinajstić information content (AvgIpc) is 2.97. The van der Waals surface area contributed by atoms with Crippen molar-refractivity contribution in [1.29, 1.82) is 5.26 Å². The number of amides is 1. The minimum Gasteiger partial charge on any atom is -0.493 e. The van der Waals surface area contributed by atoms with E-state index in [9.17, 15) is 32.8 Å². The Hall–Kier alpha value is -4.89. The number of nitrogens with zero attached hydrogens (tertiary/aromatic N) is 4. The molecule has 1 unspecified atom stereocenters. The number of carbonyl (C=O) groups is 1. The van der Waals surface area contributed by atoms with E-state index < -0.39 is 49.0 Å². The van der Waals surface area contributed by atoms with Crippen molar-refractivity contribution in [2.75, 3.05) is 0 Å². The lowest BCUT2D eigenvalue weighted by Gasteiger charge is -2.25. The smallest absolute Gasteiger partial charge is 0.296 e. The van der Waals surface area contributed by atoms with E-state index in [2.05, 4.69) is 16.0 Å². The van der Waals surface area contributed by atoms with Crippen molar-refractivity contribution in [3.05, 3.63) is 99.5 Å². The molecule has 4 rings (SSSR count). The molecule has 0 saturated carbocycles. The van der Waals surface area contributed by atoms with Crippen molar-refractivity contribution in [2.45, 2.75) is 55.5 Å². The Morgan fingerprint density at radius 2 is 1.93 bits per heavy atom. The van der Waals surface area contributed by atoms with Crippen molar-refractivity contribution < 1.29 is 22.7 Å². The molecule has 3 N–H and O–H groups in total. The molecule has 2 aromatic heterocycles. The van der Waals surface area contributed by atoms with Crippen LogP contribution < -0.4 is 11.3 Å². The molecule has 0 aliphatic carbocycles. The molecule has 0 saturated heterocycles. The van der Waals surface area contributed by atoms with E-state index in [1.165, 1.54) is 16.7 Å². The first-order valence-corrected chi connectivity index (χ1v) is 14.7. The quantitative estimate of drug-likeness (QED) is 0.276. The van der Waals surface area contributed by atoms with Gasteiger partial charge in [-0.25, -0.2) is 17.8 Å². The van der Waals surface area contributed by atoms with Crippen molar-refractivity contribution in [3.63, 3.8) is 0 Å². The van der Waals surface area contributed by atoms with Crippen LogP contribution in [0, 0.1) is 17.1 Å². The number of nitriles is 1. The minimum atomic E-state index is -4.69. The summed E-state index contributed by atoms with van der Waals surface area (Å²) >= 11 is 0. The Morgan fingerprint density at radius 3 is 2.55 bits per heavy atom. The summed E-state index contributed by atoms with van der Waals surface area (Å²) in [7, 11) is -4.69. The lowest BCUT2D eigenvalue weighted by molar-refractivity contribution is 0.100. The first kappa shape index (κ1) is 30.1. The van der Waals surface area contributed by atoms with Gasteiger partial charge in [-0.15, -0.1) is 0 Å². The molecular formula is C30H28FN5O5S. The molecule has 0 aliphatic rings. The van der Waals surface area contributed by atoms with Gasteiger partial charge in [-0.3, -0.25) is 14.2 Å². The van der Waals surface area contributed by atoms with Gasteiger partial charge in [0, 0.05) is 23.7 Å². The van der Waals surface area contributed by atoms with Crippen LogP contribution in [0.2, 0.25) is 0 Å². The van der Waals surface area contributed by atoms with Crippen LogP contribution >= 0.6 is 0 Å². The number of aromatic nitrogens is 3. The normalized spacial score (nSPS) is 12.0. The third-order valence-electron chi connectivity index (χ3n) is 6.83. The second-order valence-electron chi connectivity index (χ2n) is 9.56. The van der Waals surface area contributed by atoms with Gasteiger partial charge in [0.25, 0.3) is 5.56 Å². The molecule has 0 aliphatic heterocycles. The largest absolute Gasteiger partial charge is 0.493 e. The van der Waals surface area contributed by atoms with Gasteiger partial charge in [-0.05, 0) is 60.4 Å². The Bertz CT molecular complexity index is 1860. The van der Waals surface area contributed by atoms with Gasteiger partial charge in [0.1, 0.15) is 11.6 Å². The first-order chi connectivity index (χ1) is 20.0. The predicted octanol–water partition coefficient (Wildman–Crippen LogP) is 4.30. The summed E-state index contributed by atoms with van der Waals surface area (Å²) in [4.78, 5) is 32.2. The molecule has 0 spiro atoms. The molecule has 4 aromatic rings. The number of unbranched alkanes of at least 4 members (excludes halogenated alkanes) is 1. The summed E-state index contributed by atoms with van der Waals surface area (Å²) in [5.74, 6) is -2.13. The zero-order valence-corrected chi connectivity index (χ0v) is 23.7. The highest BCUT2D eigenvalue weighted by Crippen LogP contribution is 2.34. The summed E-state index contributed by atoms with van der Waals surface area (Å²) in [6, 6.07) is 14.0. The number of carbonyl (C=O) groups excluding carboxylic acids is 1. The summed E-state index contributed by atoms with van der Waals surface area (Å²) in [6.45, 7) is 3.78. The maximum Gasteiger partial charge on any atom is 0.296 e. The fourth-order valence-corrected chi connectivity index (χ4v) is 6.04. The fraction of sp³-hybridized carbons (Fsp3) is 0.233. The molecule has 12 heteroatoms. The third kappa shape index (κ3) is 5.77. The van der Waals surface area contributed by atoms with Gasteiger partial charge < -0.3 is 10.8 Å². The maximum atomic E-state index is 13.7. The number of pyridine rings is 1. The van der Waals surface area contributed by atoms with E-state index in [1.807, 2.05) is 13.8 Å². The van der Waals surface area contributed by atoms with Gasteiger partial charge >= 0.3 is 0 Å². The van der Waals surface area contributed by atoms with Gasteiger partial charge in [0.05, 0.1) is 17.7 Å². The molecule has 0 bridgehead atoms. The number of rotatable bonds is 10. The highest BCUT2D eigenvalue weighted by atomic mass is 32.2. The summed E-state index contributed by atoms with van der Waals surface area (Å²) in [5, 5.41) is 20.3. The zero-order chi connectivity index (χ0) is 30.6. The standard InChI is InChI=1S/C30H28FN5O5S/c1-3-5-9-25-35-29(38)27(30(39)36(25)24(4-2)19-8-6-7-18(14-19)16-32)42(40,41)26-13-10-20(17-34-26)22-12-11-21(31)15-23(22)28(33)37/h6-8,10-15,17,24,39H,3-5,9H2,1-2H3,(H2,33,37). The van der Waals surface area contributed by atoms with Gasteiger partial charge in [0.2, 0.25) is 26.5 Å². The van der Waals surface area contributed by atoms with Crippen LogP contribution in [-0.4, -0.2) is 34.0 Å². The van der Waals surface area contributed by atoms with Gasteiger partial charge in [-0.1, -0.05) is 38.5 Å². The van der Waals surface area contributed by atoms with Gasteiger partial charge in [-0.2, -0.15) is 10.2 Å². The fourth-order valence-electron chi connectivity index (χ4n) is 4.78. The number of hydrogen-bond acceptors (Lipinski definition) is 8. The number of halogens is 1. The number of nitrogens with two attached hydrogens (primary N) is 1. The van der Waals surface area contributed by atoms with E-state index in [1.54, 1.807) is 24.3 Å². The van der Waals surface area contributed by atoms with E-state index in [0.29, 0.717) is 30.4 Å². The topological polar surface area (TPSA) is 169 Å². The second kappa shape index (κ2) is 12.3. The number of hydrogen-bond donors (Lipinski definition) is 2. The SMILES string of the molecule is CCCCc1nc(=O)c(S(=O)(=O)c2ccc(-c3ccc(F)cc3C(N)=O)cn2)c(O)n1C(CC)c1cccc(C#N)c1. The Kier molecular flexibility index (Phi) is 8.82. The summed E-state index contributed by atoms with van der Waals surface area (Å²) < 4.78 is 42.5. The molecule has 10 nitrogen and oxygen atoms in total. The monoisotopic (exact) mass is 589 g/mol. The maximum absolute atomic E-state index is 13.7. The van der Waals surface area contributed by atoms with Crippen molar-refractivity contribution >= 4 is 15.7 Å². The Balaban J connectivity index is 1.87. The molecule has 2 aromatic carbocycles. The number of sulfone groups is 1. The van der Waals surface area contributed by atoms with Crippen LogP contribution in [0.4, 0.5) is 4.39 Å². The predicted molar refractivity (Wildman–Crippen MR) is 152 cm³/mol. The Labute approximate surface area is 241 Å². The number of primary amides is 1.